The van der Waals surface area contributed by atoms with E-state index in [1.54, 1.807) is 6.07 Å². The predicted molar refractivity (Wildman–Crippen MR) is 62.8 cm³/mol. The maximum absolute atomic E-state index is 11.6. The largest absolute Gasteiger partial charge is 0.504 e. The summed E-state index contributed by atoms with van der Waals surface area (Å²) >= 11 is 0. The highest BCUT2D eigenvalue weighted by molar-refractivity contribution is 5.95. The molecule has 1 atom stereocenters. The SMILES string of the molecule is Cl.O=C(Nc1ncccc1O)C1CCCN1. The third-order valence-corrected chi connectivity index (χ3v) is 2.40. The van der Waals surface area contributed by atoms with Gasteiger partial charge in [0.2, 0.25) is 5.91 Å². The van der Waals surface area contributed by atoms with Gasteiger partial charge in [0.05, 0.1) is 6.04 Å². The molecule has 0 aromatic carbocycles. The Hall–Kier alpha value is -1.33. The quantitative estimate of drug-likeness (QED) is 0.722. The number of nitrogens with zero attached hydrogens (tertiary/aromatic N) is 1. The first-order chi connectivity index (χ1) is 7.27. The van der Waals surface area contributed by atoms with Gasteiger partial charge in [-0.2, -0.15) is 0 Å². The van der Waals surface area contributed by atoms with E-state index in [1.807, 2.05) is 0 Å². The molecule has 0 saturated carbocycles. The fourth-order valence-electron chi connectivity index (χ4n) is 1.61. The smallest absolute Gasteiger partial charge is 0.242 e. The van der Waals surface area contributed by atoms with Gasteiger partial charge in [0.15, 0.2) is 11.6 Å². The summed E-state index contributed by atoms with van der Waals surface area (Å²) in [5.74, 6) is 0.0709. The van der Waals surface area contributed by atoms with Crippen molar-refractivity contribution in [3.8, 4) is 5.75 Å². The Morgan fingerprint density at radius 2 is 2.44 bits per heavy atom. The van der Waals surface area contributed by atoms with Crippen LogP contribution >= 0.6 is 12.4 Å². The van der Waals surface area contributed by atoms with Gasteiger partial charge < -0.3 is 15.7 Å². The van der Waals surface area contributed by atoms with Crippen LogP contribution in [0.4, 0.5) is 5.82 Å². The molecule has 2 rings (SSSR count). The van der Waals surface area contributed by atoms with Crippen LogP contribution in [-0.2, 0) is 4.79 Å². The molecule has 0 radical (unpaired) electrons. The second-order valence-electron chi connectivity index (χ2n) is 3.51. The minimum atomic E-state index is -0.161. The molecule has 5 nitrogen and oxygen atoms in total. The average molecular weight is 244 g/mol. The van der Waals surface area contributed by atoms with E-state index in [-0.39, 0.29) is 35.9 Å². The topological polar surface area (TPSA) is 74.2 Å². The van der Waals surface area contributed by atoms with Gasteiger partial charge in [-0.1, -0.05) is 0 Å². The predicted octanol–water partition coefficient (Wildman–Crippen LogP) is 0.899. The van der Waals surface area contributed by atoms with Crippen molar-refractivity contribution in [3.63, 3.8) is 0 Å². The Balaban J connectivity index is 0.00000128. The van der Waals surface area contributed by atoms with Crippen molar-refractivity contribution in [3.05, 3.63) is 18.3 Å². The van der Waals surface area contributed by atoms with Crippen LogP contribution in [0.1, 0.15) is 12.8 Å². The highest BCUT2D eigenvalue weighted by Gasteiger charge is 2.22. The van der Waals surface area contributed by atoms with Gasteiger partial charge in [-0.3, -0.25) is 4.79 Å². The van der Waals surface area contributed by atoms with Crippen molar-refractivity contribution in [1.82, 2.24) is 10.3 Å². The number of aromatic nitrogens is 1. The van der Waals surface area contributed by atoms with Gasteiger partial charge in [0, 0.05) is 6.20 Å². The highest BCUT2D eigenvalue weighted by atomic mass is 35.5. The summed E-state index contributed by atoms with van der Waals surface area (Å²) in [4.78, 5) is 15.5. The maximum Gasteiger partial charge on any atom is 0.242 e. The maximum atomic E-state index is 11.6. The summed E-state index contributed by atoms with van der Waals surface area (Å²) in [5.41, 5.74) is 0. The number of hydrogen-bond donors (Lipinski definition) is 3. The van der Waals surface area contributed by atoms with E-state index in [0.29, 0.717) is 0 Å². The van der Waals surface area contributed by atoms with Crippen LogP contribution in [0.15, 0.2) is 18.3 Å². The Bertz CT molecular complexity index is 367. The van der Waals surface area contributed by atoms with Crippen molar-refractivity contribution in [1.29, 1.82) is 0 Å². The van der Waals surface area contributed by atoms with Gasteiger partial charge in [0.25, 0.3) is 0 Å². The summed E-state index contributed by atoms with van der Waals surface area (Å²) in [5, 5.41) is 15.1. The lowest BCUT2D eigenvalue weighted by molar-refractivity contribution is -0.117. The van der Waals surface area contributed by atoms with E-state index in [2.05, 4.69) is 15.6 Å². The molecule has 0 bridgehead atoms. The molecule has 1 saturated heterocycles. The lowest BCUT2D eigenvalue weighted by Gasteiger charge is -2.10. The first-order valence-electron chi connectivity index (χ1n) is 4.95. The Morgan fingerprint density at radius 1 is 1.62 bits per heavy atom. The first kappa shape index (κ1) is 12.7. The number of aromatic hydroxyl groups is 1. The lowest BCUT2D eigenvalue weighted by atomic mass is 10.2. The third-order valence-electron chi connectivity index (χ3n) is 2.40. The summed E-state index contributed by atoms with van der Waals surface area (Å²) in [7, 11) is 0. The Kier molecular flexibility index (Phi) is 4.52. The minimum absolute atomic E-state index is 0. The van der Waals surface area contributed by atoms with Crippen LogP contribution in [0.25, 0.3) is 0 Å². The number of rotatable bonds is 2. The molecule has 0 spiro atoms. The van der Waals surface area contributed by atoms with Crippen molar-refractivity contribution in [2.24, 2.45) is 0 Å². The van der Waals surface area contributed by atoms with Crippen LogP contribution in [0.2, 0.25) is 0 Å². The summed E-state index contributed by atoms with van der Waals surface area (Å²) in [6.45, 7) is 0.867. The molecule has 1 aromatic rings. The van der Waals surface area contributed by atoms with Gasteiger partial charge in [0.1, 0.15) is 0 Å². The van der Waals surface area contributed by atoms with Gasteiger partial charge in [-0.15, -0.1) is 12.4 Å². The number of anilines is 1. The van der Waals surface area contributed by atoms with Crippen LogP contribution in [0, 0.1) is 0 Å². The highest BCUT2D eigenvalue weighted by Crippen LogP contribution is 2.19. The molecule has 1 aromatic heterocycles. The molecule has 1 aliphatic heterocycles. The molecule has 2 heterocycles. The summed E-state index contributed by atoms with van der Waals surface area (Å²) < 4.78 is 0. The van der Waals surface area contributed by atoms with E-state index in [1.165, 1.54) is 12.3 Å². The Labute approximate surface area is 99.7 Å². The molecular formula is C10H14ClN3O2. The van der Waals surface area contributed by atoms with Crippen molar-refractivity contribution in [2.45, 2.75) is 18.9 Å². The molecule has 1 amide bonds. The number of amides is 1. The fourth-order valence-corrected chi connectivity index (χ4v) is 1.61. The summed E-state index contributed by atoms with van der Waals surface area (Å²) in [6.07, 6.45) is 3.36. The molecule has 6 heteroatoms. The molecular weight excluding hydrogens is 230 g/mol. The monoisotopic (exact) mass is 243 g/mol. The molecule has 3 N–H and O–H groups in total. The number of nitrogens with one attached hydrogen (secondary N) is 2. The Morgan fingerprint density at radius 3 is 3.06 bits per heavy atom. The van der Waals surface area contributed by atoms with Crippen LogP contribution in [0.3, 0.4) is 0 Å². The average Bonchev–Trinajstić information content (AvgIpc) is 2.74. The van der Waals surface area contributed by atoms with E-state index >= 15 is 0 Å². The second kappa shape index (κ2) is 5.67. The van der Waals surface area contributed by atoms with E-state index in [0.717, 1.165) is 19.4 Å². The van der Waals surface area contributed by atoms with Crippen molar-refractivity contribution in [2.75, 3.05) is 11.9 Å². The number of carbonyl (C=O) groups excluding carboxylic acids is 1. The number of carbonyl (C=O) groups is 1. The molecule has 1 fully saturated rings. The fraction of sp³-hybridized carbons (Fsp3) is 0.400. The molecule has 1 unspecified atom stereocenters. The zero-order valence-electron chi connectivity index (χ0n) is 8.64. The zero-order chi connectivity index (χ0) is 10.7. The van der Waals surface area contributed by atoms with E-state index in [9.17, 15) is 9.90 Å². The van der Waals surface area contributed by atoms with E-state index in [4.69, 9.17) is 0 Å². The molecule has 0 aliphatic carbocycles. The first-order valence-corrected chi connectivity index (χ1v) is 4.95. The van der Waals surface area contributed by atoms with E-state index < -0.39 is 0 Å². The van der Waals surface area contributed by atoms with Gasteiger partial charge >= 0.3 is 0 Å². The number of pyridine rings is 1. The minimum Gasteiger partial charge on any atom is -0.504 e. The third kappa shape index (κ3) is 2.84. The normalized spacial score (nSPS) is 18.9. The van der Waals surface area contributed by atoms with Crippen LogP contribution < -0.4 is 10.6 Å². The van der Waals surface area contributed by atoms with Crippen molar-refractivity contribution >= 4 is 24.1 Å². The number of halogens is 1. The van der Waals surface area contributed by atoms with Gasteiger partial charge in [-0.25, -0.2) is 4.98 Å². The molecule has 88 valence electrons. The second-order valence-corrected chi connectivity index (χ2v) is 3.51. The van der Waals surface area contributed by atoms with Gasteiger partial charge in [-0.05, 0) is 31.5 Å². The molecule has 16 heavy (non-hydrogen) atoms. The lowest BCUT2D eigenvalue weighted by Crippen LogP contribution is -2.35. The number of hydrogen-bond acceptors (Lipinski definition) is 4. The zero-order valence-corrected chi connectivity index (χ0v) is 9.46. The molecule has 1 aliphatic rings. The summed E-state index contributed by atoms with van der Waals surface area (Å²) in [6, 6.07) is 2.94. The van der Waals surface area contributed by atoms with Crippen LogP contribution in [0.5, 0.6) is 5.75 Å². The van der Waals surface area contributed by atoms with Crippen LogP contribution in [-0.4, -0.2) is 28.6 Å². The standard InChI is InChI=1S/C10H13N3O2.ClH/c14-8-4-2-6-12-9(8)13-10(15)7-3-1-5-11-7;/h2,4,6-7,11,14H,1,3,5H2,(H,12,13,15);1H. The van der Waals surface area contributed by atoms with Crippen molar-refractivity contribution < 1.29 is 9.90 Å².